The van der Waals surface area contributed by atoms with Crippen molar-refractivity contribution in [3.8, 4) is 0 Å². The number of hydrogen-bond acceptors (Lipinski definition) is 4. The Labute approximate surface area is 111 Å². The van der Waals surface area contributed by atoms with Gasteiger partial charge in [0.15, 0.2) is 0 Å². The van der Waals surface area contributed by atoms with Gasteiger partial charge in [0.25, 0.3) is 5.91 Å². The van der Waals surface area contributed by atoms with Crippen LogP contribution in [0.1, 0.15) is 10.5 Å². The van der Waals surface area contributed by atoms with E-state index in [9.17, 15) is 4.79 Å². The number of amides is 1. The minimum atomic E-state index is -0.203. The second kappa shape index (κ2) is 5.90. The molecule has 0 atom stereocenters. The normalized spacial score (nSPS) is 10.2. The first-order valence-electron chi connectivity index (χ1n) is 6.02. The number of carbonyl (C=O) groups is 1. The van der Waals surface area contributed by atoms with E-state index in [2.05, 4.69) is 20.4 Å². The van der Waals surface area contributed by atoms with Gasteiger partial charge in [-0.25, -0.2) is 0 Å². The van der Waals surface area contributed by atoms with Crippen molar-refractivity contribution >= 4 is 17.4 Å². The second-order valence-electron chi connectivity index (χ2n) is 4.22. The molecular formula is C13H17N5O. The molecule has 1 aromatic heterocycles. The van der Waals surface area contributed by atoms with Crippen LogP contribution in [0.3, 0.4) is 0 Å². The number of para-hydroxylation sites is 1. The zero-order valence-corrected chi connectivity index (χ0v) is 10.8. The van der Waals surface area contributed by atoms with E-state index in [0.29, 0.717) is 18.1 Å². The minimum absolute atomic E-state index is 0.203. The number of nitrogens with zero attached hydrogens (tertiary/aromatic N) is 2. The lowest BCUT2D eigenvalue weighted by atomic mass is 10.3. The molecule has 0 radical (unpaired) electrons. The summed E-state index contributed by atoms with van der Waals surface area (Å²) in [6, 6.07) is 11.5. The van der Waals surface area contributed by atoms with Crippen molar-refractivity contribution in [1.29, 1.82) is 0 Å². The molecule has 0 spiro atoms. The maximum absolute atomic E-state index is 11.7. The van der Waals surface area contributed by atoms with E-state index in [0.717, 1.165) is 12.2 Å². The topological polar surface area (TPSA) is 87.0 Å². The molecule has 6 heteroatoms. The highest BCUT2D eigenvalue weighted by Gasteiger charge is 2.08. The van der Waals surface area contributed by atoms with Crippen molar-refractivity contribution in [2.45, 2.75) is 0 Å². The number of carbonyl (C=O) groups excluding carboxylic acids is 1. The van der Waals surface area contributed by atoms with E-state index >= 15 is 0 Å². The number of anilines is 2. The number of nitrogens with two attached hydrogens (primary N) is 1. The number of aromatic amines is 1. The second-order valence-corrected chi connectivity index (χ2v) is 4.22. The van der Waals surface area contributed by atoms with Crippen LogP contribution in [-0.4, -0.2) is 36.2 Å². The summed E-state index contributed by atoms with van der Waals surface area (Å²) in [6.45, 7) is 1.27. The molecule has 1 aromatic carbocycles. The molecule has 1 heterocycles. The molecule has 4 N–H and O–H groups in total. The average molecular weight is 259 g/mol. The van der Waals surface area contributed by atoms with Crippen molar-refractivity contribution < 1.29 is 4.79 Å². The monoisotopic (exact) mass is 259 g/mol. The van der Waals surface area contributed by atoms with Crippen molar-refractivity contribution in [3.05, 3.63) is 42.1 Å². The van der Waals surface area contributed by atoms with Gasteiger partial charge >= 0.3 is 0 Å². The lowest BCUT2D eigenvalue weighted by molar-refractivity contribution is 0.0950. The molecule has 0 aliphatic heterocycles. The van der Waals surface area contributed by atoms with Gasteiger partial charge in [-0.05, 0) is 12.1 Å². The summed E-state index contributed by atoms with van der Waals surface area (Å²) in [5.41, 5.74) is 6.93. The van der Waals surface area contributed by atoms with Gasteiger partial charge in [-0.2, -0.15) is 5.10 Å². The smallest absolute Gasteiger partial charge is 0.269 e. The molecular weight excluding hydrogens is 242 g/mol. The molecule has 1 amide bonds. The summed E-state index contributed by atoms with van der Waals surface area (Å²) in [6.07, 6.45) is 0. The van der Waals surface area contributed by atoms with Gasteiger partial charge in [0.2, 0.25) is 0 Å². The highest BCUT2D eigenvalue weighted by Crippen LogP contribution is 2.09. The van der Waals surface area contributed by atoms with Gasteiger partial charge in [0.1, 0.15) is 11.5 Å². The SMILES string of the molecule is CN(CCNC(=O)c1cc(N)n[nH]1)c1ccccc1. The van der Waals surface area contributed by atoms with E-state index in [1.54, 1.807) is 0 Å². The minimum Gasteiger partial charge on any atom is -0.382 e. The fourth-order valence-corrected chi connectivity index (χ4v) is 1.70. The predicted molar refractivity (Wildman–Crippen MR) is 75.0 cm³/mol. The van der Waals surface area contributed by atoms with Crippen LogP contribution in [-0.2, 0) is 0 Å². The highest BCUT2D eigenvalue weighted by atomic mass is 16.1. The Kier molecular flexibility index (Phi) is 4.02. The van der Waals surface area contributed by atoms with Crippen LogP contribution < -0.4 is 16.0 Å². The lowest BCUT2D eigenvalue weighted by Gasteiger charge is -2.19. The Morgan fingerprint density at radius 3 is 2.79 bits per heavy atom. The van der Waals surface area contributed by atoms with Gasteiger partial charge in [-0.3, -0.25) is 9.89 Å². The summed E-state index contributed by atoms with van der Waals surface area (Å²) in [5.74, 6) is 0.109. The molecule has 19 heavy (non-hydrogen) atoms. The van der Waals surface area contributed by atoms with Crippen LogP contribution in [0.4, 0.5) is 11.5 Å². The van der Waals surface area contributed by atoms with Gasteiger partial charge in [-0.1, -0.05) is 18.2 Å². The highest BCUT2D eigenvalue weighted by molar-refractivity contribution is 5.92. The standard InChI is InChI=1S/C13H17N5O/c1-18(10-5-3-2-4-6-10)8-7-15-13(19)11-9-12(14)17-16-11/h2-6,9H,7-8H2,1H3,(H,15,19)(H3,14,16,17). The molecule has 0 bridgehead atoms. The number of rotatable bonds is 5. The fraction of sp³-hybridized carbons (Fsp3) is 0.231. The van der Waals surface area contributed by atoms with Crippen LogP contribution in [0, 0.1) is 0 Å². The lowest BCUT2D eigenvalue weighted by Crippen LogP contribution is -2.33. The molecule has 100 valence electrons. The van der Waals surface area contributed by atoms with E-state index in [1.165, 1.54) is 6.07 Å². The van der Waals surface area contributed by atoms with Crippen molar-refractivity contribution in [2.75, 3.05) is 30.8 Å². The van der Waals surface area contributed by atoms with Crippen molar-refractivity contribution in [2.24, 2.45) is 0 Å². The number of hydrogen-bond donors (Lipinski definition) is 3. The number of benzene rings is 1. The van der Waals surface area contributed by atoms with E-state index in [-0.39, 0.29) is 5.91 Å². The number of H-pyrrole nitrogens is 1. The quantitative estimate of drug-likeness (QED) is 0.743. The Morgan fingerprint density at radius 2 is 2.16 bits per heavy atom. The van der Waals surface area contributed by atoms with Crippen LogP contribution in [0.2, 0.25) is 0 Å². The molecule has 0 saturated heterocycles. The maximum Gasteiger partial charge on any atom is 0.269 e. The largest absolute Gasteiger partial charge is 0.382 e. The van der Waals surface area contributed by atoms with Crippen LogP contribution in [0.15, 0.2) is 36.4 Å². The van der Waals surface area contributed by atoms with Gasteiger partial charge in [-0.15, -0.1) is 0 Å². The predicted octanol–water partition coefficient (Wildman–Crippen LogP) is 0.858. The van der Waals surface area contributed by atoms with Crippen molar-refractivity contribution in [3.63, 3.8) is 0 Å². The third-order valence-electron chi connectivity index (χ3n) is 2.77. The number of nitrogen functional groups attached to an aromatic ring is 1. The Bertz CT molecular complexity index is 537. The third-order valence-corrected chi connectivity index (χ3v) is 2.77. The van der Waals surface area contributed by atoms with Gasteiger partial charge in [0, 0.05) is 31.9 Å². The van der Waals surface area contributed by atoms with Crippen LogP contribution in [0.5, 0.6) is 0 Å². The summed E-state index contributed by atoms with van der Waals surface area (Å²) in [4.78, 5) is 13.8. The first-order valence-corrected chi connectivity index (χ1v) is 6.02. The average Bonchev–Trinajstić information content (AvgIpc) is 2.86. The molecule has 2 aromatic rings. The zero-order valence-electron chi connectivity index (χ0n) is 10.8. The number of aromatic nitrogens is 2. The van der Waals surface area contributed by atoms with Gasteiger partial charge < -0.3 is 16.0 Å². The summed E-state index contributed by atoms with van der Waals surface area (Å²) in [5, 5.41) is 9.09. The van der Waals surface area contributed by atoms with E-state index in [4.69, 9.17) is 5.73 Å². The summed E-state index contributed by atoms with van der Waals surface area (Å²) in [7, 11) is 1.98. The molecule has 6 nitrogen and oxygen atoms in total. The Hall–Kier alpha value is -2.50. The first-order chi connectivity index (χ1) is 9.16. The molecule has 0 fully saturated rings. The number of likely N-dealkylation sites (N-methyl/N-ethyl adjacent to an activating group) is 1. The molecule has 2 rings (SSSR count). The summed E-state index contributed by atoms with van der Waals surface area (Å²) < 4.78 is 0. The molecule has 0 aliphatic carbocycles. The number of nitrogens with one attached hydrogen (secondary N) is 2. The molecule has 0 aliphatic rings. The van der Waals surface area contributed by atoms with E-state index < -0.39 is 0 Å². The van der Waals surface area contributed by atoms with E-state index in [1.807, 2.05) is 37.4 Å². The van der Waals surface area contributed by atoms with Crippen LogP contribution >= 0.6 is 0 Å². The molecule has 0 unspecified atom stereocenters. The van der Waals surface area contributed by atoms with Crippen molar-refractivity contribution in [1.82, 2.24) is 15.5 Å². The Balaban J connectivity index is 1.79. The van der Waals surface area contributed by atoms with Gasteiger partial charge in [0.05, 0.1) is 0 Å². The summed E-state index contributed by atoms with van der Waals surface area (Å²) >= 11 is 0. The fourth-order valence-electron chi connectivity index (χ4n) is 1.70. The first kappa shape index (κ1) is 12.9. The molecule has 0 saturated carbocycles. The third kappa shape index (κ3) is 3.48. The van der Waals surface area contributed by atoms with Crippen LogP contribution in [0.25, 0.3) is 0 Å². The Morgan fingerprint density at radius 1 is 1.42 bits per heavy atom. The maximum atomic E-state index is 11.7. The zero-order chi connectivity index (χ0) is 13.7.